The molecule has 0 saturated carbocycles. The molecule has 0 aliphatic rings. The van der Waals surface area contributed by atoms with Crippen LogP contribution >= 0.6 is 6.72 Å². The number of rotatable bonds is 12. The van der Waals surface area contributed by atoms with E-state index in [0.717, 1.165) is 23.3 Å². The SMILES string of the molecule is CCCCCCCCCOP(O)(Oc1ccccc1)=[SH]c1ccccc1C. The molecule has 1 atom stereocenters. The average molecular weight is 409 g/mol. The number of unbranched alkanes of at least 4 members (excludes halogenated alkanes) is 6. The zero-order chi connectivity index (χ0) is 19.4. The third-order valence-electron chi connectivity index (χ3n) is 4.32. The van der Waals surface area contributed by atoms with E-state index >= 15 is 0 Å². The highest BCUT2D eigenvalue weighted by molar-refractivity contribution is 8.17. The van der Waals surface area contributed by atoms with Crippen molar-refractivity contribution in [2.45, 2.75) is 63.7 Å². The number of para-hydroxylation sites is 1. The Bertz CT molecular complexity index is 719. The summed E-state index contributed by atoms with van der Waals surface area (Å²) >= 11 is 0. The lowest BCUT2D eigenvalue weighted by Crippen LogP contribution is -2.01. The molecule has 0 aliphatic carbocycles. The lowest BCUT2D eigenvalue weighted by molar-refractivity contribution is 0.250. The lowest BCUT2D eigenvalue weighted by atomic mass is 10.1. The summed E-state index contributed by atoms with van der Waals surface area (Å²) in [5, 5.41) is 0. The molecule has 5 heteroatoms. The highest BCUT2D eigenvalue weighted by Crippen LogP contribution is 2.48. The van der Waals surface area contributed by atoms with Crippen LogP contribution in [0.1, 0.15) is 57.4 Å². The number of aryl methyl sites for hydroxylation is 1. The largest absolute Gasteiger partial charge is 0.428 e. The van der Waals surface area contributed by atoms with E-state index in [1.165, 1.54) is 32.1 Å². The summed E-state index contributed by atoms with van der Waals surface area (Å²) in [4.78, 5) is 12.2. The van der Waals surface area contributed by atoms with Gasteiger partial charge in [0, 0.05) is 4.90 Å². The summed E-state index contributed by atoms with van der Waals surface area (Å²) in [6, 6.07) is 17.5. The molecule has 0 aromatic heterocycles. The Morgan fingerprint density at radius 2 is 1.48 bits per heavy atom. The summed E-state index contributed by atoms with van der Waals surface area (Å²) in [7, 11) is 0.708. The van der Waals surface area contributed by atoms with Crippen molar-refractivity contribution in [2.75, 3.05) is 6.61 Å². The molecule has 150 valence electrons. The Morgan fingerprint density at radius 1 is 0.852 bits per heavy atom. The fourth-order valence-corrected chi connectivity index (χ4v) is 6.63. The highest BCUT2D eigenvalue weighted by Gasteiger charge is 2.18. The standard InChI is InChI=1S/C22H33O3PS/c1-3-4-5-6-7-8-14-19-24-26(23,25-21-16-10-9-11-17-21)27-22-18-13-12-15-20(22)2/h9-13,15-18,23,27H,3-8,14,19H2,1-2H3. The molecule has 0 aliphatic heterocycles. The Morgan fingerprint density at radius 3 is 2.19 bits per heavy atom. The van der Waals surface area contributed by atoms with E-state index in [-0.39, 0.29) is 0 Å². The van der Waals surface area contributed by atoms with Crippen molar-refractivity contribution in [3.8, 4) is 5.75 Å². The maximum atomic E-state index is 11.2. The van der Waals surface area contributed by atoms with Crippen molar-refractivity contribution in [3.05, 3.63) is 60.2 Å². The summed E-state index contributed by atoms with van der Waals surface area (Å²) in [6.07, 6.45) is 8.52. The van der Waals surface area contributed by atoms with Crippen molar-refractivity contribution < 1.29 is 13.9 Å². The fourth-order valence-electron chi connectivity index (χ4n) is 2.75. The van der Waals surface area contributed by atoms with Crippen LogP contribution in [0.5, 0.6) is 5.75 Å². The van der Waals surface area contributed by atoms with Crippen LogP contribution < -0.4 is 4.52 Å². The van der Waals surface area contributed by atoms with E-state index in [4.69, 9.17) is 9.05 Å². The summed E-state index contributed by atoms with van der Waals surface area (Å²) in [6.45, 7) is 1.78. The number of thiol groups is 1. The second-order valence-corrected chi connectivity index (χ2v) is 11.0. The summed E-state index contributed by atoms with van der Waals surface area (Å²) in [5.41, 5.74) is 1.13. The van der Waals surface area contributed by atoms with Gasteiger partial charge in [-0.05, 0) is 37.1 Å². The minimum atomic E-state index is -3.03. The van der Waals surface area contributed by atoms with Crippen molar-refractivity contribution in [1.82, 2.24) is 0 Å². The van der Waals surface area contributed by atoms with Gasteiger partial charge in [-0.1, -0.05) is 92.8 Å². The molecule has 0 saturated heterocycles. The van der Waals surface area contributed by atoms with Crippen LogP contribution in [0.4, 0.5) is 0 Å². The normalized spacial score (nSPS) is 13.3. The van der Waals surface area contributed by atoms with Gasteiger partial charge in [-0.15, -0.1) is 0 Å². The van der Waals surface area contributed by atoms with E-state index in [2.05, 4.69) is 6.92 Å². The monoisotopic (exact) mass is 408 g/mol. The highest BCUT2D eigenvalue weighted by atomic mass is 32.5. The average Bonchev–Trinajstić information content (AvgIpc) is 2.67. The van der Waals surface area contributed by atoms with Gasteiger partial charge in [0.1, 0.15) is 5.75 Å². The predicted molar refractivity (Wildman–Crippen MR) is 118 cm³/mol. The van der Waals surface area contributed by atoms with E-state index in [0.29, 0.717) is 23.3 Å². The van der Waals surface area contributed by atoms with E-state index in [1.54, 1.807) is 0 Å². The molecule has 0 amide bonds. The van der Waals surface area contributed by atoms with Gasteiger partial charge in [0.25, 0.3) is 0 Å². The van der Waals surface area contributed by atoms with Gasteiger partial charge in [-0.2, -0.15) is 0 Å². The molecule has 3 nitrogen and oxygen atoms in total. The van der Waals surface area contributed by atoms with E-state index in [9.17, 15) is 4.89 Å². The Hall–Kier alpha value is -1.06. The molecule has 0 heterocycles. The van der Waals surface area contributed by atoms with Crippen LogP contribution in [0.15, 0.2) is 59.5 Å². The van der Waals surface area contributed by atoms with Crippen LogP contribution in [-0.4, -0.2) is 11.5 Å². The minimum Gasteiger partial charge on any atom is -0.428 e. The van der Waals surface area contributed by atoms with Gasteiger partial charge >= 0.3 is 6.72 Å². The van der Waals surface area contributed by atoms with Crippen LogP contribution in [0.25, 0.3) is 0 Å². The molecular weight excluding hydrogens is 375 g/mol. The number of hydrogen-bond acceptors (Lipinski definition) is 2. The van der Waals surface area contributed by atoms with Crippen molar-refractivity contribution >= 4 is 17.7 Å². The first-order valence-electron chi connectivity index (χ1n) is 9.93. The molecule has 0 radical (unpaired) electrons. The minimum absolute atomic E-state index is 0.532. The van der Waals surface area contributed by atoms with Crippen molar-refractivity contribution in [2.24, 2.45) is 0 Å². The molecule has 1 unspecified atom stereocenters. The Labute approximate surface area is 168 Å². The lowest BCUT2D eigenvalue weighted by Gasteiger charge is -2.21. The quantitative estimate of drug-likeness (QED) is 0.234. The molecule has 0 fully saturated rings. The third-order valence-corrected chi connectivity index (χ3v) is 8.26. The Kier molecular flexibility index (Phi) is 10.2. The van der Waals surface area contributed by atoms with E-state index < -0.39 is 6.72 Å². The maximum Gasteiger partial charge on any atom is 0.336 e. The zero-order valence-electron chi connectivity index (χ0n) is 16.5. The van der Waals surface area contributed by atoms with Gasteiger partial charge in [0.15, 0.2) is 0 Å². The fraction of sp³-hybridized carbons (Fsp3) is 0.455. The van der Waals surface area contributed by atoms with Crippen LogP contribution in [0.2, 0.25) is 0 Å². The molecule has 2 rings (SSSR count). The molecule has 0 bridgehead atoms. The second-order valence-electron chi connectivity index (χ2n) is 6.74. The first-order chi connectivity index (χ1) is 13.1. The molecule has 2 aromatic carbocycles. The summed E-state index contributed by atoms with van der Waals surface area (Å²) in [5.74, 6) is 0.647. The molecule has 2 aromatic rings. The topological polar surface area (TPSA) is 38.7 Å². The number of hydrogen-bond donors (Lipinski definition) is 2. The van der Waals surface area contributed by atoms with Crippen LogP contribution in [0.3, 0.4) is 0 Å². The number of benzene rings is 2. The zero-order valence-corrected chi connectivity index (χ0v) is 18.3. The van der Waals surface area contributed by atoms with Gasteiger partial charge < -0.3 is 13.9 Å². The molecular formula is C22H33O3PS. The first-order valence-corrected chi connectivity index (χ1v) is 13.1. The maximum absolute atomic E-state index is 11.2. The van der Waals surface area contributed by atoms with E-state index in [1.807, 2.05) is 61.5 Å². The predicted octanol–water partition coefficient (Wildman–Crippen LogP) is 6.68. The smallest absolute Gasteiger partial charge is 0.336 e. The molecule has 0 spiro atoms. The molecule has 27 heavy (non-hydrogen) atoms. The second kappa shape index (κ2) is 12.4. The van der Waals surface area contributed by atoms with Gasteiger partial charge in [0.2, 0.25) is 0 Å². The van der Waals surface area contributed by atoms with Gasteiger partial charge in [-0.25, -0.2) is 0 Å². The third kappa shape index (κ3) is 8.66. The molecule has 1 N–H and O–H groups in total. The van der Waals surface area contributed by atoms with Crippen LogP contribution in [0, 0.1) is 6.92 Å². The van der Waals surface area contributed by atoms with Gasteiger partial charge in [0.05, 0.1) is 6.61 Å². The van der Waals surface area contributed by atoms with Crippen molar-refractivity contribution in [3.63, 3.8) is 0 Å². The van der Waals surface area contributed by atoms with Crippen molar-refractivity contribution in [1.29, 1.82) is 0 Å². The summed E-state index contributed by atoms with van der Waals surface area (Å²) < 4.78 is 11.9. The van der Waals surface area contributed by atoms with Gasteiger partial charge in [-0.3, -0.25) is 0 Å². The van der Waals surface area contributed by atoms with Crippen LogP contribution in [-0.2, 0) is 15.5 Å². The first kappa shape index (κ1) is 22.2. The Balaban J connectivity index is 1.99.